The smallest absolute Gasteiger partial charge is 0.271 e. The van der Waals surface area contributed by atoms with E-state index in [-0.39, 0.29) is 11.2 Å². The molecule has 76 valence electrons. The van der Waals surface area contributed by atoms with Crippen molar-refractivity contribution in [1.82, 2.24) is 10.3 Å². The number of aromatic amines is 1. The van der Waals surface area contributed by atoms with Crippen LogP contribution in [0.5, 0.6) is 0 Å². The molecule has 0 aliphatic heterocycles. The van der Waals surface area contributed by atoms with E-state index in [1.54, 1.807) is 12.3 Å². The van der Waals surface area contributed by atoms with Crippen LogP contribution >= 0.6 is 0 Å². The van der Waals surface area contributed by atoms with E-state index in [2.05, 4.69) is 10.3 Å². The Morgan fingerprint density at radius 3 is 3.07 bits per heavy atom. The Morgan fingerprint density at radius 2 is 2.43 bits per heavy atom. The lowest BCUT2D eigenvalue weighted by Gasteiger charge is -1.95. The minimum atomic E-state index is -0.239. The average molecular weight is 193 g/mol. The van der Waals surface area contributed by atoms with Crippen molar-refractivity contribution in [2.24, 2.45) is 0 Å². The van der Waals surface area contributed by atoms with Gasteiger partial charge in [0.25, 0.3) is 5.56 Å². The molecule has 1 rings (SSSR count). The quantitative estimate of drug-likeness (QED) is 0.612. The maximum atomic E-state index is 10.9. The standard InChI is InChI=1S/C10H15N3O/c1-12-5-3-2-4-8-6-9(11)10(14)13-7-8/h2,4,6-7,12H,3,5,11H2,1H3,(H,13,14). The highest BCUT2D eigenvalue weighted by atomic mass is 16.1. The van der Waals surface area contributed by atoms with Crippen molar-refractivity contribution < 1.29 is 0 Å². The first-order valence-corrected chi connectivity index (χ1v) is 4.53. The summed E-state index contributed by atoms with van der Waals surface area (Å²) in [5.74, 6) is 0. The summed E-state index contributed by atoms with van der Waals surface area (Å²) in [5.41, 5.74) is 6.39. The molecule has 0 saturated carbocycles. The van der Waals surface area contributed by atoms with Crippen LogP contribution in [0, 0.1) is 0 Å². The SMILES string of the molecule is CNCCC=Cc1c[nH]c(=O)c(N)c1. The van der Waals surface area contributed by atoms with Gasteiger partial charge in [-0.05, 0) is 31.6 Å². The van der Waals surface area contributed by atoms with Crippen molar-refractivity contribution in [2.45, 2.75) is 6.42 Å². The second-order valence-corrected chi connectivity index (χ2v) is 3.01. The maximum absolute atomic E-state index is 10.9. The fourth-order valence-electron chi connectivity index (χ4n) is 1.06. The summed E-state index contributed by atoms with van der Waals surface area (Å²) >= 11 is 0. The van der Waals surface area contributed by atoms with Crippen LogP contribution in [0.1, 0.15) is 12.0 Å². The molecular formula is C10H15N3O. The molecule has 0 amide bonds. The second-order valence-electron chi connectivity index (χ2n) is 3.01. The molecule has 4 N–H and O–H groups in total. The molecule has 1 aromatic heterocycles. The molecule has 0 aromatic carbocycles. The van der Waals surface area contributed by atoms with Gasteiger partial charge in [0, 0.05) is 6.20 Å². The summed E-state index contributed by atoms with van der Waals surface area (Å²) in [6, 6.07) is 1.66. The van der Waals surface area contributed by atoms with E-state index < -0.39 is 0 Å². The van der Waals surface area contributed by atoms with Crippen LogP contribution in [-0.4, -0.2) is 18.6 Å². The second kappa shape index (κ2) is 5.24. The Bertz CT molecular complexity index is 368. The van der Waals surface area contributed by atoms with Crippen LogP contribution in [0.4, 0.5) is 5.69 Å². The fourth-order valence-corrected chi connectivity index (χ4v) is 1.06. The zero-order valence-corrected chi connectivity index (χ0v) is 8.21. The Hall–Kier alpha value is -1.55. The molecule has 1 aromatic rings. The number of pyridine rings is 1. The molecule has 0 aliphatic carbocycles. The van der Waals surface area contributed by atoms with Crippen molar-refractivity contribution >= 4 is 11.8 Å². The molecule has 1 heterocycles. The van der Waals surface area contributed by atoms with Gasteiger partial charge in [-0.1, -0.05) is 12.2 Å². The first-order chi connectivity index (χ1) is 6.74. The van der Waals surface area contributed by atoms with Gasteiger partial charge in [0.05, 0.1) is 5.69 Å². The predicted molar refractivity (Wildman–Crippen MR) is 59.1 cm³/mol. The van der Waals surface area contributed by atoms with Crippen LogP contribution in [0.2, 0.25) is 0 Å². The summed E-state index contributed by atoms with van der Waals surface area (Å²) in [7, 11) is 1.91. The third kappa shape index (κ3) is 3.06. The summed E-state index contributed by atoms with van der Waals surface area (Å²) in [5, 5.41) is 3.04. The van der Waals surface area contributed by atoms with Crippen LogP contribution in [-0.2, 0) is 0 Å². The topological polar surface area (TPSA) is 70.9 Å². The largest absolute Gasteiger partial charge is 0.394 e. The van der Waals surface area contributed by atoms with Gasteiger partial charge in [0.15, 0.2) is 0 Å². The summed E-state index contributed by atoms with van der Waals surface area (Å²) < 4.78 is 0. The summed E-state index contributed by atoms with van der Waals surface area (Å²) in [6.07, 6.45) is 6.57. The van der Waals surface area contributed by atoms with Crippen molar-refractivity contribution in [3.63, 3.8) is 0 Å². The number of hydrogen-bond donors (Lipinski definition) is 3. The molecule has 0 aliphatic rings. The predicted octanol–water partition coefficient (Wildman–Crippen LogP) is 0.580. The van der Waals surface area contributed by atoms with Gasteiger partial charge >= 0.3 is 0 Å². The monoisotopic (exact) mass is 193 g/mol. The zero-order valence-electron chi connectivity index (χ0n) is 8.21. The number of nitrogens with one attached hydrogen (secondary N) is 2. The van der Waals surface area contributed by atoms with E-state index in [0.29, 0.717) is 0 Å². The van der Waals surface area contributed by atoms with Gasteiger partial charge in [-0.2, -0.15) is 0 Å². The van der Waals surface area contributed by atoms with E-state index in [9.17, 15) is 4.79 Å². The zero-order chi connectivity index (χ0) is 10.4. The van der Waals surface area contributed by atoms with E-state index in [1.165, 1.54) is 0 Å². The van der Waals surface area contributed by atoms with Crippen LogP contribution in [0.3, 0.4) is 0 Å². The van der Waals surface area contributed by atoms with Gasteiger partial charge in [-0.3, -0.25) is 4.79 Å². The van der Waals surface area contributed by atoms with Crippen molar-refractivity contribution in [3.05, 3.63) is 34.3 Å². The highest BCUT2D eigenvalue weighted by molar-refractivity contribution is 5.53. The van der Waals surface area contributed by atoms with E-state index >= 15 is 0 Å². The first-order valence-electron chi connectivity index (χ1n) is 4.53. The lowest BCUT2D eigenvalue weighted by atomic mass is 10.2. The molecule has 4 heteroatoms. The fraction of sp³-hybridized carbons (Fsp3) is 0.300. The number of anilines is 1. The molecule has 0 saturated heterocycles. The third-order valence-corrected chi connectivity index (χ3v) is 1.83. The molecule has 0 radical (unpaired) electrons. The number of nitrogens with two attached hydrogens (primary N) is 1. The Morgan fingerprint density at radius 1 is 1.64 bits per heavy atom. The maximum Gasteiger partial charge on any atom is 0.271 e. The van der Waals surface area contributed by atoms with Crippen molar-refractivity contribution in [3.8, 4) is 0 Å². The number of aromatic nitrogens is 1. The van der Waals surface area contributed by atoms with Gasteiger partial charge in [-0.15, -0.1) is 0 Å². The van der Waals surface area contributed by atoms with Gasteiger partial charge in [0.1, 0.15) is 0 Å². The molecular weight excluding hydrogens is 178 g/mol. The van der Waals surface area contributed by atoms with Gasteiger partial charge in [-0.25, -0.2) is 0 Å². The molecule has 0 bridgehead atoms. The highest BCUT2D eigenvalue weighted by Crippen LogP contribution is 2.02. The van der Waals surface area contributed by atoms with Gasteiger partial charge in [0.2, 0.25) is 0 Å². The van der Waals surface area contributed by atoms with Gasteiger partial charge < -0.3 is 16.0 Å². The number of hydrogen-bond acceptors (Lipinski definition) is 3. The minimum Gasteiger partial charge on any atom is -0.394 e. The van der Waals surface area contributed by atoms with E-state index in [4.69, 9.17) is 5.73 Å². The summed E-state index contributed by atoms with van der Waals surface area (Å²) in [6.45, 7) is 0.940. The first kappa shape index (κ1) is 10.5. The van der Waals surface area contributed by atoms with E-state index in [1.807, 2.05) is 19.2 Å². The lowest BCUT2D eigenvalue weighted by Crippen LogP contribution is -2.10. The highest BCUT2D eigenvalue weighted by Gasteiger charge is 1.93. The Labute approximate surface area is 82.8 Å². The minimum absolute atomic E-state index is 0.239. The Kier molecular flexibility index (Phi) is 3.94. The number of rotatable bonds is 4. The molecule has 0 atom stereocenters. The van der Waals surface area contributed by atoms with E-state index in [0.717, 1.165) is 18.5 Å². The Balaban J connectivity index is 2.63. The third-order valence-electron chi connectivity index (χ3n) is 1.83. The van der Waals surface area contributed by atoms with Crippen LogP contribution in [0.15, 0.2) is 23.1 Å². The molecule has 0 unspecified atom stereocenters. The van der Waals surface area contributed by atoms with Crippen molar-refractivity contribution in [2.75, 3.05) is 19.3 Å². The van der Waals surface area contributed by atoms with Crippen LogP contribution in [0.25, 0.3) is 6.08 Å². The summed E-state index contributed by atoms with van der Waals surface area (Å²) in [4.78, 5) is 13.5. The molecule has 0 fully saturated rings. The number of H-pyrrole nitrogens is 1. The lowest BCUT2D eigenvalue weighted by molar-refractivity contribution is 0.809. The average Bonchev–Trinajstić information content (AvgIpc) is 2.18. The van der Waals surface area contributed by atoms with Crippen molar-refractivity contribution in [1.29, 1.82) is 0 Å². The molecule has 14 heavy (non-hydrogen) atoms. The molecule has 0 spiro atoms. The normalized spacial score (nSPS) is 10.9. The number of nitrogen functional groups attached to an aromatic ring is 1. The van der Waals surface area contributed by atoms with Crippen LogP contribution < -0.4 is 16.6 Å². The molecule has 4 nitrogen and oxygen atoms in total.